The van der Waals surface area contributed by atoms with Crippen molar-refractivity contribution in [3.8, 4) is 6.07 Å². The van der Waals surface area contributed by atoms with Gasteiger partial charge in [-0.25, -0.2) is 0 Å². The normalized spacial score (nSPS) is 53.9. The maximum absolute atomic E-state index is 8.31. The molecule has 2 nitrogen and oxygen atoms in total. The van der Waals surface area contributed by atoms with E-state index in [1.807, 2.05) is 0 Å². The van der Waals surface area contributed by atoms with E-state index < -0.39 is 0 Å². The highest BCUT2D eigenvalue weighted by atomic mass is 16.6. The van der Waals surface area contributed by atoms with Gasteiger partial charge in [0.15, 0.2) is 5.60 Å². The zero-order valence-electron chi connectivity index (χ0n) is 3.85. The third kappa shape index (κ3) is 0.213. The van der Waals surface area contributed by atoms with Gasteiger partial charge in [0.25, 0.3) is 0 Å². The summed E-state index contributed by atoms with van der Waals surface area (Å²) in [5.74, 6) is 0. The lowest BCUT2D eigenvalue weighted by molar-refractivity contribution is 0.374. The Hall–Kier alpha value is -0.550. The smallest absolute Gasteiger partial charge is 0.180 e. The topological polar surface area (TPSA) is 36.3 Å². The molecule has 2 atom stereocenters. The van der Waals surface area contributed by atoms with Crippen LogP contribution < -0.4 is 0 Å². The first-order chi connectivity index (χ1) is 3.37. The highest BCUT2D eigenvalue weighted by Crippen LogP contribution is 2.52. The van der Waals surface area contributed by atoms with Gasteiger partial charge in [-0.3, -0.25) is 0 Å². The van der Waals surface area contributed by atoms with E-state index in [0.717, 1.165) is 12.8 Å². The van der Waals surface area contributed by atoms with Gasteiger partial charge in [0.05, 0.1) is 0 Å². The van der Waals surface area contributed by atoms with Crippen LogP contribution in [-0.2, 0) is 4.74 Å². The van der Waals surface area contributed by atoms with Crippen molar-refractivity contribution in [3.63, 3.8) is 0 Å². The fraction of sp³-hybridized carbons (Fsp3) is 0.800. The van der Waals surface area contributed by atoms with Crippen molar-refractivity contribution < 1.29 is 4.74 Å². The van der Waals surface area contributed by atoms with Crippen LogP contribution in [0, 0.1) is 11.3 Å². The summed E-state index contributed by atoms with van der Waals surface area (Å²) < 4.78 is 5.00. The number of ether oxygens (including phenoxy) is 1. The van der Waals surface area contributed by atoms with Crippen LogP contribution in [0.3, 0.4) is 0 Å². The maximum atomic E-state index is 8.31. The van der Waals surface area contributed by atoms with Gasteiger partial charge in [0.1, 0.15) is 12.2 Å². The second kappa shape index (κ2) is 0.696. The van der Waals surface area contributed by atoms with E-state index in [2.05, 4.69) is 6.07 Å². The Morgan fingerprint density at radius 3 is 2.71 bits per heavy atom. The molecule has 1 aliphatic heterocycles. The Bertz CT molecular complexity index is 145. The summed E-state index contributed by atoms with van der Waals surface area (Å²) in [6.45, 7) is 0. The fourth-order valence-corrected chi connectivity index (χ4v) is 1.02. The fourth-order valence-electron chi connectivity index (χ4n) is 1.02. The number of rotatable bonds is 0. The van der Waals surface area contributed by atoms with Crippen LogP contribution in [-0.4, -0.2) is 11.7 Å². The predicted molar refractivity (Wildman–Crippen MR) is 22.5 cm³/mol. The molecule has 2 rings (SSSR count). The Morgan fingerprint density at radius 1 is 1.86 bits per heavy atom. The standard InChI is InChI=1S/C5H5NO/c6-3-5-2-1-4(5)7-5/h4H,1-2H2. The van der Waals surface area contributed by atoms with Gasteiger partial charge in [0.2, 0.25) is 0 Å². The van der Waals surface area contributed by atoms with Crippen LogP contribution in [0.5, 0.6) is 0 Å². The van der Waals surface area contributed by atoms with Gasteiger partial charge >= 0.3 is 0 Å². The third-order valence-corrected chi connectivity index (χ3v) is 1.78. The Kier molecular flexibility index (Phi) is 0.343. The second-order valence-corrected chi connectivity index (χ2v) is 2.15. The van der Waals surface area contributed by atoms with Crippen LogP contribution in [0.25, 0.3) is 0 Å². The molecule has 0 N–H and O–H groups in total. The highest BCUT2D eigenvalue weighted by molar-refractivity contribution is 5.24. The van der Waals surface area contributed by atoms with Gasteiger partial charge in [-0.2, -0.15) is 5.26 Å². The van der Waals surface area contributed by atoms with Crippen LogP contribution >= 0.6 is 0 Å². The zero-order valence-corrected chi connectivity index (χ0v) is 3.85. The Labute approximate surface area is 41.7 Å². The lowest BCUT2D eigenvalue weighted by Gasteiger charge is -2.08. The van der Waals surface area contributed by atoms with Gasteiger partial charge in [-0.15, -0.1) is 0 Å². The molecule has 7 heavy (non-hydrogen) atoms. The van der Waals surface area contributed by atoms with E-state index in [1.54, 1.807) is 0 Å². The quantitative estimate of drug-likeness (QED) is 0.409. The first-order valence-corrected chi connectivity index (χ1v) is 2.46. The molecule has 0 amide bonds. The van der Waals surface area contributed by atoms with Gasteiger partial charge in [-0.1, -0.05) is 0 Å². The van der Waals surface area contributed by atoms with E-state index in [-0.39, 0.29) is 5.60 Å². The third-order valence-electron chi connectivity index (χ3n) is 1.78. The minimum Gasteiger partial charge on any atom is -0.350 e. The number of fused-ring (bicyclic) bond motifs is 1. The van der Waals surface area contributed by atoms with Crippen molar-refractivity contribution in [3.05, 3.63) is 0 Å². The predicted octanol–water partition coefficient (Wildman–Crippen LogP) is 0.441. The van der Waals surface area contributed by atoms with Crippen LogP contribution in [0.4, 0.5) is 0 Å². The van der Waals surface area contributed by atoms with E-state index in [0.29, 0.717) is 6.10 Å². The van der Waals surface area contributed by atoms with Crippen LogP contribution in [0.2, 0.25) is 0 Å². The number of epoxide rings is 1. The molecule has 2 heteroatoms. The van der Waals surface area contributed by atoms with Crippen molar-refractivity contribution in [2.75, 3.05) is 0 Å². The Morgan fingerprint density at radius 2 is 2.71 bits per heavy atom. The van der Waals surface area contributed by atoms with E-state index in [4.69, 9.17) is 10.00 Å². The van der Waals surface area contributed by atoms with Crippen molar-refractivity contribution >= 4 is 0 Å². The largest absolute Gasteiger partial charge is 0.350 e. The molecule has 36 valence electrons. The second-order valence-electron chi connectivity index (χ2n) is 2.15. The summed E-state index contributed by atoms with van der Waals surface area (Å²) in [6, 6.07) is 2.13. The summed E-state index contributed by atoms with van der Waals surface area (Å²) in [4.78, 5) is 0. The summed E-state index contributed by atoms with van der Waals surface area (Å²) in [7, 11) is 0. The lowest BCUT2D eigenvalue weighted by atomic mass is 9.87. The SMILES string of the molecule is N#CC12CCC1O2. The monoisotopic (exact) mass is 95.0 g/mol. The lowest BCUT2D eigenvalue weighted by Crippen LogP contribution is -2.22. The average Bonchev–Trinajstić information content (AvgIpc) is 2.12. The zero-order chi connectivity index (χ0) is 4.91. The Balaban J connectivity index is 2.24. The molecule has 0 aromatic rings. The molecular weight excluding hydrogens is 90.1 g/mol. The van der Waals surface area contributed by atoms with Crippen molar-refractivity contribution in [2.45, 2.75) is 24.5 Å². The molecule has 0 aromatic heterocycles. The first kappa shape index (κ1) is 3.45. The van der Waals surface area contributed by atoms with Crippen molar-refractivity contribution in [1.29, 1.82) is 5.26 Å². The van der Waals surface area contributed by atoms with Crippen molar-refractivity contribution in [1.82, 2.24) is 0 Å². The van der Waals surface area contributed by atoms with Gasteiger partial charge < -0.3 is 4.74 Å². The molecule has 2 fully saturated rings. The van der Waals surface area contributed by atoms with E-state index >= 15 is 0 Å². The molecule has 0 aromatic carbocycles. The summed E-state index contributed by atoms with van der Waals surface area (Å²) in [5.41, 5.74) is -0.264. The summed E-state index contributed by atoms with van der Waals surface area (Å²) in [6.07, 6.45) is 2.40. The molecule has 2 aliphatic rings. The minimum absolute atomic E-state index is 0.264. The molecule has 0 spiro atoms. The number of nitriles is 1. The van der Waals surface area contributed by atoms with Gasteiger partial charge in [0, 0.05) is 0 Å². The molecule has 0 radical (unpaired) electrons. The summed E-state index contributed by atoms with van der Waals surface area (Å²) >= 11 is 0. The summed E-state index contributed by atoms with van der Waals surface area (Å²) in [5, 5.41) is 8.31. The molecule has 0 bridgehead atoms. The van der Waals surface area contributed by atoms with Crippen LogP contribution in [0.1, 0.15) is 12.8 Å². The number of hydrogen-bond acceptors (Lipinski definition) is 2. The maximum Gasteiger partial charge on any atom is 0.180 e. The van der Waals surface area contributed by atoms with Crippen LogP contribution in [0.15, 0.2) is 0 Å². The van der Waals surface area contributed by atoms with Crippen molar-refractivity contribution in [2.24, 2.45) is 0 Å². The van der Waals surface area contributed by atoms with E-state index in [1.165, 1.54) is 0 Å². The molecule has 1 saturated carbocycles. The molecule has 1 heterocycles. The van der Waals surface area contributed by atoms with E-state index in [9.17, 15) is 0 Å². The molecular formula is C5H5NO. The highest BCUT2D eigenvalue weighted by Gasteiger charge is 2.64. The average molecular weight is 95.1 g/mol. The molecule has 1 aliphatic carbocycles. The van der Waals surface area contributed by atoms with Gasteiger partial charge in [-0.05, 0) is 12.8 Å². The molecule has 2 unspecified atom stereocenters. The first-order valence-electron chi connectivity index (χ1n) is 2.46. The minimum atomic E-state index is -0.264. The number of hydrogen-bond donors (Lipinski definition) is 0. The molecule has 1 saturated heterocycles. The number of nitrogens with zero attached hydrogens (tertiary/aromatic N) is 1.